The molecule has 13 heavy (non-hydrogen) atoms. The van der Waals surface area contributed by atoms with Crippen molar-refractivity contribution < 1.29 is 22.5 Å². The van der Waals surface area contributed by atoms with Crippen LogP contribution in [0.5, 0.6) is 0 Å². The number of rotatable bonds is 3. The summed E-state index contributed by atoms with van der Waals surface area (Å²) in [5.41, 5.74) is 0. The van der Waals surface area contributed by atoms with Crippen molar-refractivity contribution in [1.29, 1.82) is 0 Å². The standard InChI is InChI=1S/C6H9BF3O2.K/c1-2-12-6(11)4-3-5(4)7(8,9)10;/h4-5H,2-3H2,1H3;/q-1;. The van der Waals surface area contributed by atoms with E-state index in [4.69, 9.17) is 0 Å². The predicted molar refractivity (Wildman–Crippen MR) is 43.3 cm³/mol. The smallest absolute Gasteiger partial charge is 0.466 e. The Balaban J connectivity index is 0.00000144. The first-order valence-electron chi connectivity index (χ1n) is 3.83. The van der Waals surface area contributed by atoms with E-state index in [1.165, 1.54) is 0 Å². The first kappa shape index (κ1) is 14.0. The molecule has 1 fully saturated rings. The van der Waals surface area contributed by atoms with E-state index in [0.717, 1.165) is 0 Å². The number of ether oxygens (including phenoxy) is 1. The van der Waals surface area contributed by atoms with Crippen molar-refractivity contribution in [3.05, 3.63) is 0 Å². The summed E-state index contributed by atoms with van der Waals surface area (Å²) in [6, 6.07) is 0. The van der Waals surface area contributed by atoms with E-state index >= 15 is 0 Å². The molecule has 0 heterocycles. The Kier molecular flexibility index (Phi) is 5.54. The van der Waals surface area contributed by atoms with Crippen LogP contribution in [0, 0.1) is 5.92 Å². The summed E-state index contributed by atoms with van der Waals surface area (Å²) in [6.45, 7) is -3.12. The van der Waals surface area contributed by atoms with Crippen LogP contribution in [-0.2, 0) is 9.53 Å². The summed E-state index contributed by atoms with van der Waals surface area (Å²) in [7, 11) is 0. The maximum atomic E-state index is 11.9. The van der Waals surface area contributed by atoms with Crippen LogP contribution >= 0.6 is 0 Å². The Morgan fingerprint density at radius 1 is 1.54 bits per heavy atom. The molecule has 1 saturated carbocycles. The maximum Gasteiger partial charge on any atom is 0.482 e. The third-order valence-corrected chi connectivity index (χ3v) is 1.91. The van der Waals surface area contributed by atoms with Gasteiger partial charge in [-0.25, -0.2) is 0 Å². The van der Waals surface area contributed by atoms with Crippen LogP contribution in [0.1, 0.15) is 13.3 Å². The number of carbonyl (C=O) groups is 1. The molecule has 2 unspecified atom stereocenters. The zero-order chi connectivity index (χ0) is 9.35. The first-order chi connectivity index (χ1) is 5.46. The average molecular weight is 220 g/mol. The van der Waals surface area contributed by atoms with Crippen LogP contribution in [0.3, 0.4) is 0 Å². The third-order valence-electron chi connectivity index (χ3n) is 1.91. The van der Waals surface area contributed by atoms with Gasteiger partial charge in [0, 0.05) is 57.3 Å². The van der Waals surface area contributed by atoms with Crippen LogP contribution in [0.2, 0.25) is 5.82 Å². The molecule has 0 N–H and O–H groups in total. The largest absolute Gasteiger partial charge is 0.482 e. The molecule has 1 aliphatic carbocycles. The Morgan fingerprint density at radius 3 is 2.38 bits per heavy atom. The molecule has 0 aromatic carbocycles. The van der Waals surface area contributed by atoms with Crippen molar-refractivity contribution >= 4 is 64.3 Å². The van der Waals surface area contributed by atoms with E-state index in [1.807, 2.05) is 0 Å². The minimum Gasteiger partial charge on any atom is -0.466 e. The molecule has 1 aliphatic rings. The number of carbonyl (C=O) groups excluding carboxylic acids is 1. The molecule has 71 valence electrons. The SMILES string of the molecule is CCOC(=O)C1CC1[B-](F)(F)F.[K]. The van der Waals surface area contributed by atoms with Crippen LogP contribution in [0.25, 0.3) is 0 Å². The van der Waals surface area contributed by atoms with Crippen LogP contribution < -0.4 is 0 Å². The van der Waals surface area contributed by atoms with E-state index in [-0.39, 0.29) is 64.4 Å². The normalized spacial score (nSPS) is 26.2. The summed E-state index contributed by atoms with van der Waals surface area (Å²) in [5.74, 6) is -3.02. The topological polar surface area (TPSA) is 26.3 Å². The van der Waals surface area contributed by atoms with E-state index in [9.17, 15) is 17.7 Å². The number of hydrogen-bond donors (Lipinski definition) is 0. The fraction of sp³-hybridized carbons (Fsp3) is 0.833. The van der Waals surface area contributed by atoms with E-state index in [2.05, 4.69) is 4.74 Å². The molecule has 2 nitrogen and oxygen atoms in total. The summed E-state index contributed by atoms with van der Waals surface area (Å²) in [4.78, 5) is 10.8. The molecule has 7 heteroatoms. The summed E-state index contributed by atoms with van der Waals surface area (Å²) >= 11 is 0. The van der Waals surface area contributed by atoms with Gasteiger partial charge in [-0.15, -0.1) is 0 Å². The molecular formula is C6H9BF3KO2-. The first-order valence-corrected chi connectivity index (χ1v) is 3.83. The zero-order valence-corrected chi connectivity index (χ0v) is 10.7. The van der Waals surface area contributed by atoms with Gasteiger partial charge in [0.2, 0.25) is 0 Å². The predicted octanol–water partition coefficient (Wildman–Crippen LogP) is 1.41. The minimum atomic E-state index is -4.84. The molecule has 0 spiro atoms. The van der Waals surface area contributed by atoms with Gasteiger partial charge in [0.1, 0.15) is 0 Å². The molecule has 0 aliphatic heterocycles. The quantitative estimate of drug-likeness (QED) is 0.530. The molecule has 0 aromatic heterocycles. The van der Waals surface area contributed by atoms with Crippen molar-refractivity contribution in [3.8, 4) is 0 Å². The second-order valence-electron chi connectivity index (χ2n) is 2.88. The van der Waals surface area contributed by atoms with Gasteiger partial charge in [-0.2, -0.15) is 0 Å². The second-order valence-corrected chi connectivity index (χ2v) is 2.88. The van der Waals surface area contributed by atoms with Gasteiger partial charge in [-0.3, -0.25) is 4.79 Å². The van der Waals surface area contributed by atoms with Gasteiger partial charge < -0.3 is 17.7 Å². The zero-order valence-electron chi connectivity index (χ0n) is 7.60. The fourth-order valence-corrected chi connectivity index (χ4v) is 1.15. The van der Waals surface area contributed by atoms with Crippen LogP contribution in [-0.4, -0.2) is 70.9 Å². The van der Waals surface area contributed by atoms with Crippen LogP contribution in [0.4, 0.5) is 12.9 Å². The van der Waals surface area contributed by atoms with Gasteiger partial charge in [0.25, 0.3) is 0 Å². The fourth-order valence-electron chi connectivity index (χ4n) is 1.15. The summed E-state index contributed by atoms with van der Waals surface area (Å²) < 4.78 is 40.3. The molecule has 0 amide bonds. The Bertz CT molecular complexity index is 197. The number of hydrogen-bond acceptors (Lipinski definition) is 2. The molecular weight excluding hydrogens is 211 g/mol. The summed E-state index contributed by atoms with van der Waals surface area (Å²) in [6.07, 6.45) is -0.0810. The van der Waals surface area contributed by atoms with Gasteiger partial charge in [-0.1, -0.05) is 12.2 Å². The monoisotopic (exact) mass is 220 g/mol. The molecule has 0 aromatic rings. The van der Waals surface area contributed by atoms with Crippen molar-refractivity contribution in [1.82, 2.24) is 0 Å². The maximum absolute atomic E-state index is 11.9. The van der Waals surface area contributed by atoms with Crippen LogP contribution in [0.15, 0.2) is 0 Å². The Morgan fingerprint density at radius 2 is 2.08 bits per heavy atom. The number of halogens is 3. The van der Waals surface area contributed by atoms with Crippen molar-refractivity contribution in [2.24, 2.45) is 5.92 Å². The minimum absolute atomic E-state index is 0. The Hall–Kier alpha value is 0.961. The van der Waals surface area contributed by atoms with E-state index < -0.39 is 24.7 Å². The molecule has 0 saturated heterocycles. The van der Waals surface area contributed by atoms with E-state index in [1.54, 1.807) is 6.92 Å². The number of esters is 1. The third kappa shape index (κ3) is 3.91. The molecule has 1 radical (unpaired) electrons. The second kappa shape index (κ2) is 5.16. The van der Waals surface area contributed by atoms with Crippen molar-refractivity contribution in [3.63, 3.8) is 0 Å². The molecule has 0 bridgehead atoms. The van der Waals surface area contributed by atoms with Crippen molar-refractivity contribution in [2.75, 3.05) is 6.61 Å². The van der Waals surface area contributed by atoms with Crippen molar-refractivity contribution in [2.45, 2.75) is 19.2 Å². The average Bonchev–Trinajstić information content (AvgIpc) is 2.62. The van der Waals surface area contributed by atoms with Gasteiger partial charge in [0.05, 0.1) is 6.61 Å². The Labute approximate surface area is 117 Å². The van der Waals surface area contributed by atoms with Gasteiger partial charge in [0.15, 0.2) is 0 Å². The molecule has 1 rings (SSSR count). The van der Waals surface area contributed by atoms with Gasteiger partial charge >= 0.3 is 12.9 Å². The van der Waals surface area contributed by atoms with E-state index in [0.29, 0.717) is 0 Å². The summed E-state index contributed by atoms with van der Waals surface area (Å²) in [5, 5.41) is 0. The molecule has 2 atom stereocenters. The van der Waals surface area contributed by atoms with Gasteiger partial charge in [-0.05, 0) is 6.92 Å².